The Morgan fingerprint density at radius 2 is 1.29 bits per heavy atom. The average molecular weight is 190 g/mol. The van der Waals surface area contributed by atoms with Crippen LogP contribution in [-0.4, -0.2) is 8.80 Å². The Kier molecular flexibility index (Phi) is 8.70. The van der Waals surface area contributed by atoms with Crippen molar-refractivity contribution in [2.45, 2.75) is 32.5 Å². The third-order valence-corrected chi connectivity index (χ3v) is 3.46. The molecule has 0 fully saturated rings. The molecule has 0 saturated heterocycles. The molecule has 40 valence electrons. The van der Waals surface area contributed by atoms with E-state index in [4.69, 9.17) is 0 Å². The molecule has 0 atom stereocenters. The maximum absolute atomic E-state index is 2.34. The van der Waals surface area contributed by atoms with Crippen LogP contribution in [0.15, 0.2) is 0 Å². The van der Waals surface area contributed by atoms with Crippen molar-refractivity contribution in [2.75, 3.05) is 0 Å². The van der Waals surface area contributed by atoms with E-state index in [2.05, 4.69) is 26.9 Å². The maximum atomic E-state index is 2.34. The molecule has 0 unspecified atom stereocenters. The van der Waals surface area contributed by atoms with Gasteiger partial charge in [0.25, 0.3) is 0 Å². The van der Waals surface area contributed by atoms with Gasteiger partial charge in [-0.25, -0.2) is 0 Å². The van der Waals surface area contributed by atoms with E-state index < -0.39 is 0 Å². The largest absolute Gasteiger partial charge is 0.0711 e. The molecule has 0 bridgehead atoms. The van der Waals surface area contributed by atoms with E-state index >= 15 is 0 Å². The van der Waals surface area contributed by atoms with E-state index in [1.165, 1.54) is 0 Å². The summed E-state index contributed by atoms with van der Waals surface area (Å²) in [6.07, 6.45) is 0. The van der Waals surface area contributed by atoms with Crippen molar-refractivity contribution in [3.63, 3.8) is 0 Å². The fourth-order valence-electron chi connectivity index (χ4n) is 0. The fourth-order valence-corrected chi connectivity index (χ4v) is 0. The van der Waals surface area contributed by atoms with Crippen molar-refractivity contribution < 1.29 is 32.7 Å². The van der Waals surface area contributed by atoms with Crippen LogP contribution in [0.25, 0.3) is 0 Å². The van der Waals surface area contributed by atoms with Crippen LogP contribution >= 0.6 is 0 Å². The summed E-state index contributed by atoms with van der Waals surface area (Å²) in [7, 11) is 0.0484. The van der Waals surface area contributed by atoms with Crippen LogP contribution in [0.3, 0.4) is 0 Å². The first-order chi connectivity index (χ1) is 2.64. The summed E-state index contributed by atoms with van der Waals surface area (Å²) in [6, 6.07) is 0. The van der Waals surface area contributed by atoms with Gasteiger partial charge >= 0.3 is 0 Å². The van der Waals surface area contributed by atoms with Crippen molar-refractivity contribution in [2.24, 2.45) is 0 Å². The molecule has 0 N–H and O–H groups in total. The minimum absolute atomic E-state index is 0. The predicted molar refractivity (Wildman–Crippen MR) is 32.6 cm³/mol. The Morgan fingerprint density at radius 3 is 1.29 bits per heavy atom. The van der Waals surface area contributed by atoms with Crippen molar-refractivity contribution in [1.29, 1.82) is 0 Å². The smallest absolute Gasteiger partial charge is 0.0440 e. The van der Waals surface area contributed by atoms with Gasteiger partial charge in [-0.3, -0.25) is 0 Å². The summed E-state index contributed by atoms with van der Waals surface area (Å²) >= 11 is 0. The van der Waals surface area contributed by atoms with E-state index in [1.54, 1.807) is 0 Å². The molecule has 2 radical (unpaired) electrons. The van der Waals surface area contributed by atoms with E-state index in [0.29, 0.717) is 0 Å². The molecule has 2 heteroatoms. The van der Waals surface area contributed by atoms with Gasteiger partial charge in [-0.15, -0.1) is 0 Å². The monoisotopic (exact) mass is 190 g/mol. The number of rotatable bonds is 1. The van der Waals surface area contributed by atoms with E-state index in [-0.39, 0.29) is 41.5 Å². The third-order valence-electron chi connectivity index (χ3n) is 1.15. The van der Waals surface area contributed by atoms with Crippen molar-refractivity contribution in [1.82, 2.24) is 0 Å². The second-order valence-corrected chi connectivity index (χ2v) is 5.54. The first-order valence-corrected chi connectivity index (χ1v) is 5.02. The molecule has 0 spiro atoms. The summed E-state index contributed by atoms with van der Waals surface area (Å²) in [6.45, 7) is 9.26. The van der Waals surface area contributed by atoms with Crippen molar-refractivity contribution in [3.8, 4) is 0 Å². The zero-order valence-electron chi connectivity index (χ0n) is 5.65. The van der Waals surface area contributed by atoms with Gasteiger partial charge in [-0.05, 0) is 0 Å². The molecular weight excluding hydrogens is 177 g/mol. The van der Waals surface area contributed by atoms with Gasteiger partial charge < -0.3 is 0 Å². The Morgan fingerprint density at radius 1 is 1.14 bits per heavy atom. The molecule has 0 aliphatic rings. The normalized spacial score (nSPS) is 9.43. The molecule has 0 aromatic carbocycles. The Balaban J connectivity index is 0. The standard InChI is InChI=1S/C5H13Si.Y/c1-5(2)6(3)4;/h5H,1-4H3;. The molecule has 0 aromatic rings. The minimum Gasteiger partial charge on any atom is -0.0711 e. The summed E-state index contributed by atoms with van der Waals surface area (Å²) in [5.41, 5.74) is 0.954. The van der Waals surface area contributed by atoms with Gasteiger partial charge in [0.15, 0.2) is 0 Å². The first-order valence-electron chi connectivity index (χ1n) is 2.44. The van der Waals surface area contributed by atoms with Gasteiger partial charge in [0.2, 0.25) is 0 Å². The molecule has 0 aliphatic carbocycles. The van der Waals surface area contributed by atoms with E-state index in [1.807, 2.05) is 0 Å². The van der Waals surface area contributed by atoms with Crippen molar-refractivity contribution in [3.05, 3.63) is 0 Å². The molecule has 0 rings (SSSR count). The van der Waals surface area contributed by atoms with Crippen LogP contribution in [0, 0.1) is 0 Å². The molecule has 0 saturated carbocycles. The quantitative estimate of drug-likeness (QED) is 0.556. The molecule has 7 heavy (non-hydrogen) atoms. The second-order valence-electron chi connectivity index (χ2n) is 2.23. The Bertz CT molecular complexity index is 29.1. The molecular formula is C5H13SiY. The average Bonchev–Trinajstić information content (AvgIpc) is 1.36. The van der Waals surface area contributed by atoms with Crippen molar-refractivity contribution >= 4 is 8.80 Å². The van der Waals surface area contributed by atoms with Crippen LogP contribution in [0.4, 0.5) is 0 Å². The SMILES string of the molecule is CC(C)[Si](C)C.[Y]. The van der Waals surface area contributed by atoms with Crippen LogP contribution in [-0.2, 0) is 32.7 Å². The fraction of sp³-hybridized carbons (Fsp3) is 1.00. The van der Waals surface area contributed by atoms with Crippen LogP contribution in [0.5, 0.6) is 0 Å². The van der Waals surface area contributed by atoms with Crippen LogP contribution < -0.4 is 0 Å². The summed E-state index contributed by atoms with van der Waals surface area (Å²) in [4.78, 5) is 0. The third kappa shape index (κ3) is 7.32. The van der Waals surface area contributed by atoms with Gasteiger partial charge in [0.05, 0.1) is 0 Å². The first kappa shape index (κ1) is 11.2. The van der Waals surface area contributed by atoms with E-state index in [9.17, 15) is 0 Å². The summed E-state index contributed by atoms with van der Waals surface area (Å²) in [5, 5.41) is 0. The molecule has 0 aliphatic heterocycles. The number of hydrogen-bond acceptors (Lipinski definition) is 0. The molecule has 0 amide bonds. The summed E-state index contributed by atoms with van der Waals surface area (Å²) < 4.78 is 0. The maximum Gasteiger partial charge on any atom is 0.0440 e. The van der Waals surface area contributed by atoms with Gasteiger partial charge in [-0.2, -0.15) is 0 Å². The molecule has 0 aromatic heterocycles. The number of hydrogen-bond donors (Lipinski definition) is 0. The van der Waals surface area contributed by atoms with Gasteiger partial charge in [0, 0.05) is 41.5 Å². The minimum atomic E-state index is 0. The van der Waals surface area contributed by atoms with Crippen LogP contribution in [0.1, 0.15) is 13.8 Å². The van der Waals surface area contributed by atoms with Gasteiger partial charge in [-0.1, -0.05) is 32.5 Å². The van der Waals surface area contributed by atoms with E-state index in [0.717, 1.165) is 5.54 Å². The van der Waals surface area contributed by atoms with Gasteiger partial charge in [0.1, 0.15) is 0 Å². The molecule has 0 heterocycles. The zero-order chi connectivity index (χ0) is 5.15. The Labute approximate surface area is 73.6 Å². The van der Waals surface area contributed by atoms with Crippen LogP contribution in [0.2, 0.25) is 18.6 Å². The molecule has 0 nitrogen and oxygen atoms in total. The topological polar surface area (TPSA) is 0 Å². The predicted octanol–water partition coefficient (Wildman–Crippen LogP) is 2.15. The zero-order valence-corrected chi connectivity index (χ0v) is 9.49. The Hall–Kier alpha value is 1.32. The summed E-state index contributed by atoms with van der Waals surface area (Å²) in [5.74, 6) is 0. The second kappa shape index (κ2) is 5.46.